The maximum atomic E-state index is 12.5. The van der Waals surface area contributed by atoms with Crippen molar-refractivity contribution in [1.29, 1.82) is 0 Å². The van der Waals surface area contributed by atoms with Gasteiger partial charge in [0.05, 0.1) is 4.90 Å². The zero-order valence-corrected chi connectivity index (χ0v) is 15.3. The zero-order valence-electron chi connectivity index (χ0n) is 14.5. The molecule has 140 valence electrons. The molecular weight excluding hydrogens is 354 g/mol. The van der Waals surface area contributed by atoms with E-state index in [1.165, 1.54) is 6.07 Å². The average Bonchev–Trinajstić information content (AvgIpc) is 3.52. The van der Waals surface area contributed by atoms with E-state index in [0.717, 1.165) is 36.9 Å². The normalized spacial score (nSPS) is 19.3. The number of nitrogens with zero attached hydrogens (tertiary/aromatic N) is 1. The maximum Gasteiger partial charge on any atom is 0.240 e. The molecule has 1 heterocycles. The van der Waals surface area contributed by atoms with Gasteiger partial charge in [-0.2, -0.15) is 0 Å². The zero-order chi connectivity index (χ0) is 18.3. The van der Waals surface area contributed by atoms with Crippen LogP contribution in [0.3, 0.4) is 0 Å². The molecule has 7 nitrogen and oxygen atoms in total. The molecule has 26 heavy (non-hydrogen) atoms. The molecule has 1 aromatic carbocycles. The third kappa shape index (κ3) is 3.76. The minimum absolute atomic E-state index is 0.0737. The number of amides is 2. The SMILES string of the molecule is O=C(CCNS(=O)(=O)c1ccc2c(c1)CCN2C(=O)C1CC1)NC1CC1. The number of sulfonamides is 1. The van der Waals surface area contributed by atoms with E-state index in [2.05, 4.69) is 10.0 Å². The van der Waals surface area contributed by atoms with Crippen LogP contribution in [0.1, 0.15) is 37.7 Å². The first-order valence-electron chi connectivity index (χ1n) is 9.17. The third-order valence-corrected chi connectivity index (χ3v) is 6.49. The highest BCUT2D eigenvalue weighted by atomic mass is 32.2. The Bertz CT molecular complexity index is 844. The van der Waals surface area contributed by atoms with E-state index in [1.807, 2.05) is 0 Å². The molecule has 0 aromatic heterocycles. The van der Waals surface area contributed by atoms with Gasteiger partial charge in [0.2, 0.25) is 21.8 Å². The molecule has 2 amide bonds. The summed E-state index contributed by atoms with van der Waals surface area (Å²) in [7, 11) is -3.67. The number of nitrogens with one attached hydrogen (secondary N) is 2. The van der Waals surface area contributed by atoms with Crippen LogP contribution >= 0.6 is 0 Å². The summed E-state index contributed by atoms with van der Waals surface area (Å²) in [4.78, 5) is 25.9. The van der Waals surface area contributed by atoms with E-state index in [0.29, 0.717) is 13.0 Å². The summed E-state index contributed by atoms with van der Waals surface area (Å²) in [6.45, 7) is 0.688. The Kier molecular flexibility index (Phi) is 4.48. The second-order valence-corrected chi connectivity index (χ2v) is 9.06. The molecule has 0 unspecified atom stereocenters. The fourth-order valence-corrected chi connectivity index (χ4v) is 4.32. The van der Waals surface area contributed by atoms with Crippen LogP contribution in [-0.4, -0.2) is 39.4 Å². The smallest absolute Gasteiger partial charge is 0.240 e. The predicted molar refractivity (Wildman–Crippen MR) is 96.2 cm³/mol. The van der Waals surface area contributed by atoms with Gasteiger partial charge in [0.25, 0.3) is 0 Å². The lowest BCUT2D eigenvalue weighted by atomic mass is 10.2. The standard InChI is InChI=1S/C18H23N3O4S/c22-17(20-14-3-4-14)7-9-19-26(24,25)15-5-6-16-13(11-15)8-10-21(16)18(23)12-1-2-12/h5-6,11-12,14,19H,1-4,7-10H2,(H,20,22). The summed E-state index contributed by atoms with van der Waals surface area (Å²) in [5, 5.41) is 2.83. The van der Waals surface area contributed by atoms with E-state index >= 15 is 0 Å². The van der Waals surface area contributed by atoms with E-state index in [1.54, 1.807) is 17.0 Å². The lowest BCUT2D eigenvalue weighted by Gasteiger charge is -2.17. The van der Waals surface area contributed by atoms with Crippen LogP contribution in [0.15, 0.2) is 23.1 Å². The first-order valence-corrected chi connectivity index (χ1v) is 10.7. The fourth-order valence-electron chi connectivity index (χ4n) is 3.23. The van der Waals surface area contributed by atoms with Gasteiger partial charge in [0.15, 0.2) is 0 Å². The maximum absolute atomic E-state index is 12.5. The minimum atomic E-state index is -3.67. The van der Waals surface area contributed by atoms with Gasteiger partial charge in [0, 0.05) is 37.2 Å². The van der Waals surface area contributed by atoms with Crippen molar-refractivity contribution >= 4 is 27.5 Å². The van der Waals surface area contributed by atoms with E-state index in [-0.39, 0.29) is 41.6 Å². The molecule has 2 fully saturated rings. The monoisotopic (exact) mass is 377 g/mol. The Morgan fingerprint density at radius 2 is 1.92 bits per heavy atom. The molecule has 1 aliphatic heterocycles. The van der Waals surface area contributed by atoms with Gasteiger partial charge in [-0.1, -0.05) is 0 Å². The second kappa shape index (κ2) is 6.66. The van der Waals surface area contributed by atoms with Crippen molar-refractivity contribution in [2.45, 2.75) is 49.5 Å². The summed E-state index contributed by atoms with van der Waals surface area (Å²) < 4.78 is 27.4. The van der Waals surface area contributed by atoms with Crippen molar-refractivity contribution in [3.05, 3.63) is 23.8 Å². The van der Waals surface area contributed by atoms with Crippen molar-refractivity contribution in [2.24, 2.45) is 5.92 Å². The highest BCUT2D eigenvalue weighted by molar-refractivity contribution is 7.89. The molecule has 2 N–H and O–H groups in total. The molecule has 0 atom stereocenters. The predicted octanol–water partition coefficient (Wildman–Crippen LogP) is 0.933. The quantitative estimate of drug-likeness (QED) is 0.739. The lowest BCUT2D eigenvalue weighted by Crippen LogP contribution is -2.31. The number of hydrogen-bond donors (Lipinski definition) is 2. The highest BCUT2D eigenvalue weighted by Crippen LogP contribution is 2.37. The van der Waals surface area contributed by atoms with E-state index < -0.39 is 10.0 Å². The number of carbonyl (C=O) groups is 2. The Labute approximate surface area is 153 Å². The molecular formula is C18H23N3O4S. The van der Waals surface area contributed by atoms with Gasteiger partial charge in [-0.15, -0.1) is 0 Å². The van der Waals surface area contributed by atoms with Crippen molar-refractivity contribution in [2.75, 3.05) is 18.0 Å². The van der Waals surface area contributed by atoms with Crippen LogP contribution in [0, 0.1) is 5.92 Å². The molecule has 2 saturated carbocycles. The third-order valence-electron chi connectivity index (χ3n) is 5.04. The van der Waals surface area contributed by atoms with Crippen LogP contribution in [0.2, 0.25) is 0 Å². The Morgan fingerprint density at radius 1 is 1.15 bits per heavy atom. The molecule has 1 aromatic rings. The van der Waals surface area contributed by atoms with Crippen molar-refractivity contribution in [1.82, 2.24) is 10.0 Å². The molecule has 3 aliphatic rings. The van der Waals surface area contributed by atoms with Crippen LogP contribution in [0.4, 0.5) is 5.69 Å². The van der Waals surface area contributed by atoms with E-state index in [4.69, 9.17) is 0 Å². The second-order valence-electron chi connectivity index (χ2n) is 7.29. The fraction of sp³-hybridized carbons (Fsp3) is 0.556. The highest BCUT2D eigenvalue weighted by Gasteiger charge is 2.36. The summed E-state index contributed by atoms with van der Waals surface area (Å²) in [5.41, 5.74) is 1.71. The number of benzene rings is 1. The lowest BCUT2D eigenvalue weighted by molar-refractivity contribution is -0.121. The molecule has 8 heteroatoms. The molecule has 4 rings (SSSR count). The largest absolute Gasteiger partial charge is 0.353 e. The number of hydrogen-bond acceptors (Lipinski definition) is 4. The Balaban J connectivity index is 1.39. The van der Waals surface area contributed by atoms with Gasteiger partial charge in [-0.25, -0.2) is 13.1 Å². The first-order chi connectivity index (χ1) is 12.4. The number of fused-ring (bicyclic) bond motifs is 1. The molecule has 0 saturated heterocycles. The van der Waals surface area contributed by atoms with Gasteiger partial charge < -0.3 is 10.2 Å². The molecule has 0 spiro atoms. The Hall–Kier alpha value is -1.93. The van der Waals surface area contributed by atoms with Crippen molar-refractivity contribution in [3.63, 3.8) is 0 Å². The van der Waals surface area contributed by atoms with Gasteiger partial charge >= 0.3 is 0 Å². The van der Waals surface area contributed by atoms with Crippen molar-refractivity contribution < 1.29 is 18.0 Å². The molecule has 2 aliphatic carbocycles. The van der Waals surface area contributed by atoms with Crippen LogP contribution < -0.4 is 14.9 Å². The van der Waals surface area contributed by atoms with Crippen LogP contribution in [0.5, 0.6) is 0 Å². The summed E-state index contributed by atoms with van der Waals surface area (Å²) in [6, 6.07) is 5.17. The Morgan fingerprint density at radius 3 is 2.62 bits per heavy atom. The van der Waals surface area contributed by atoms with Crippen LogP contribution in [-0.2, 0) is 26.0 Å². The van der Waals surface area contributed by atoms with Gasteiger partial charge in [0.1, 0.15) is 0 Å². The summed E-state index contributed by atoms with van der Waals surface area (Å²) >= 11 is 0. The summed E-state index contributed by atoms with van der Waals surface area (Å²) in [6.07, 6.45) is 4.72. The van der Waals surface area contributed by atoms with Crippen LogP contribution in [0.25, 0.3) is 0 Å². The van der Waals surface area contributed by atoms with Crippen molar-refractivity contribution in [3.8, 4) is 0 Å². The van der Waals surface area contributed by atoms with Gasteiger partial charge in [-0.3, -0.25) is 9.59 Å². The molecule has 0 radical (unpaired) electrons. The summed E-state index contributed by atoms with van der Waals surface area (Å²) in [5.74, 6) is 0.172. The van der Waals surface area contributed by atoms with Gasteiger partial charge in [-0.05, 0) is 55.9 Å². The topological polar surface area (TPSA) is 95.6 Å². The molecule has 0 bridgehead atoms. The number of rotatable bonds is 7. The number of anilines is 1. The average molecular weight is 377 g/mol. The number of carbonyl (C=O) groups excluding carboxylic acids is 2. The minimum Gasteiger partial charge on any atom is -0.353 e. The van der Waals surface area contributed by atoms with E-state index in [9.17, 15) is 18.0 Å². The first kappa shape index (κ1) is 17.5.